The van der Waals surface area contributed by atoms with Gasteiger partial charge in [-0.1, -0.05) is 33.6 Å². The summed E-state index contributed by atoms with van der Waals surface area (Å²) in [6.45, 7) is 0. The number of ketones is 1. The van der Waals surface area contributed by atoms with Crippen molar-refractivity contribution in [1.82, 2.24) is 14.5 Å². The van der Waals surface area contributed by atoms with Crippen LogP contribution in [0.1, 0.15) is 5.56 Å². The Morgan fingerprint density at radius 3 is 2.61 bits per heavy atom. The summed E-state index contributed by atoms with van der Waals surface area (Å²) in [5.41, 5.74) is 0.834. The summed E-state index contributed by atoms with van der Waals surface area (Å²) in [6, 6.07) is 11.3. The molecule has 0 fully saturated rings. The van der Waals surface area contributed by atoms with Crippen LogP contribution in [0.5, 0.6) is 0 Å². The minimum absolute atomic E-state index is 0.0640. The van der Waals surface area contributed by atoms with Crippen LogP contribution < -0.4 is 5.56 Å². The molecule has 0 amide bonds. The smallest absolute Gasteiger partial charge is 0.267 e. The summed E-state index contributed by atoms with van der Waals surface area (Å²) in [5.74, 6) is -0.737. The molecule has 1 aromatic carbocycles. The molecule has 0 aliphatic carbocycles. The molecule has 0 saturated carbocycles. The molecule has 0 saturated heterocycles. The van der Waals surface area contributed by atoms with Gasteiger partial charge in [0.05, 0.1) is 15.2 Å². The maximum atomic E-state index is 12.8. The Morgan fingerprint density at radius 1 is 1.13 bits per heavy atom. The number of Topliss-reactive ketones (excluding diaryl/α,β-unsaturated/α-hetero) is 1. The molecule has 0 atom stereocenters. The van der Waals surface area contributed by atoms with Crippen molar-refractivity contribution in [3.05, 3.63) is 79.7 Å². The Morgan fingerprint density at radius 2 is 1.94 bits per heavy atom. The molecule has 158 valence electrons. The highest BCUT2D eigenvalue weighted by atomic mass is 79.9. The summed E-state index contributed by atoms with van der Waals surface area (Å²) >= 11 is 10.0. The van der Waals surface area contributed by atoms with E-state index in [1.165, 1.54) is 29.2 Å². The standard InChI is InChI=1S/C20H13BrClN3O4S2/c21-13-2-3-16-15(8-13)20(27)25(11-24-16)18-5-1-12(9-23-18)7-14(26)10-31(28,29)19-6-4-17(22)30-19/h1-6,8-9,11H,7,10H2. The predicted octanol–water partition coefficient (Wildman–Crippen LogP) is 3.84. The van der Waals surface area contributed by atoms with Gasteiger partial charge in [0.1, 0.15) is 22.1 Å². The largest absolute Gasteiger partial charge is 0.298 e. The molecule has 0 aliphatic heterocycles. The van der Waals surface area contributed by atoms with Crippen LogP contribution in [0.3, 0.4) is 0 Å². The first-order chi connectivity index (χ1) is 14.7. The lowest BCUT2D eigenvalue weighted by Gasteiger charge is -2.07. The van der Waals surface area contributed by atoms with E-state index in [9.17, 15) is 18.0 Å². The van der Waals surface area contributed by atoms with Gasteiger partial charge in [-0.25, -0.2) is 18.4 Å². The normalized spacial score (nSPS) is 11.7. The molecule has 3 heterocycles. The molecular weight excluding hydrogens is 526 g/mol. The second-order valence-electron chi connectivity index (χ2n) is 6.64. The minimum atomic E-state index is -3.73. The van der Waals surface area contributed by atoms with Crippen molar-refractivity contribution in [2.24, 2.45) is 0 Å². The monoisotopic (exact) mass is 537 g/mol. The summed E-state index contributed by atoms with van der Waals surface area (Å²) in [7, 11) is -3.73. The lowest BCUT2D eigenvalue weighted by molar-refractivity contribution is -0.116. The number of carbonyl (C=O) groups is 1. The molecule has 0 bridgehead atoms. The first-order valence-corrected chi connectivity index (χ1v) is 12.5. The Bertz CT molecular complexity index is 1460. The second-order valence-corrected chi connectivity index (χ2v) is 11.5. The van der Waals surface area contributed by atoms with Crippen molar-refractivity contribution in [3.8, 4) is 5.82 Å². The number of benzene rings is 1. The van der Waals surface area contributed by atoms with Gasteiger partial charge in [0, 0.05) is 17.1 Å². The molecule has 0 aliphatic rings. The molecule has 0 spiro atoms. The molecule has 11 heteroatoms. The van der Waals surface area contributed by atoms with E-state index in [-0.39, 0.29) is 16.2 Å². The number of carbonyl (C=O) groups excluding carboxylic acids is 1. The van der Waals surface area contributed by atoms with E-state index in [2.05, 4.69) is 25.9 Å². The number of hydrogen-bond donors (Lipinski definition) is 0. The SMILES string of the molecule is O=C(Cc1ccc(-n2cnc3ccc(Br)cc3c2=O)nc1)CS(=O)(=O)c1ccc(Cl)s1. The highest BCUT2D eigenvalue weighted by molar-refractivity contribution is 9.10. The van der Waals surface area contributed by atoms with Gasteiger partial charge in [-0.15, -0.1) is 11.3 Å². The topological polar surface area (TPSA) is 99.0 Å². The van der Waals surface area contributed by atoms with Crippen molar-refractivity contribution in [3.63, 3.8) is 0 Å². The second kappa shape index (κ2) is 8.62. The van der Waals surface area contributed by atoms with Gasteiger partial charge < -0.3 is 0 Å². The number of halogens is 2. The van der Waals surface area contributed by atoms with Gasteiger partial charge in [0.2, 0.25) is 0 Å². The number of rotatable bonds is 6. The van der Waals surface area contributed by atoms with E-state index in [4.69, 9.17) is 11.6 Å². The van der Waals surface area contributed by atoms with Gasteiger partial charge in [-0.05, 0) is 42.0 Å². The Kier molecular flexibility index (Phi) is 6.07. The average molecular weight is 539 g/mol. The van der Waals surface area contributed by atoms with Crippen LogP contribution in [-0.4, -0.2) is 34.5 Å². The summed E-state index contributed by atoms with van der Waals surface area (Å²) < 4.78 is 27.1. The number of pyridine rings is 1. The maximum Gasteiger partial charge on any atom is 0.267 e. The minimum Gasteiger partial charge on any atom is -0.298 e. The number of thiophene rings is 1. The number of fused-ring (bicyclic) bond motifs is 1. The average Bonchev–Trinajstić information content (AvgIpc) is 3.16. The fraction of sp³-hybridized carbons (Fsp3) is 0.100. The molecular formula is C20H13BrClN3O4S2. The summed E-state index contributed by atoms with van der Waals surface area (Å²) in [6.07, 6.45) is 2.74. The third-order valence-electron chi connectivity index (χ3n) is 4.38. The molecule has 0 radical (unpaired) electrons. The van der Waals surface area contributed by atoms with Crippen LogP contribution in [0.4, 0.5) is 0 Å². The van der Waals surface area contributed by atoms with E-state index in [0.717, 1.165) is 15.8 Å². The molecule has 0 N–H and O–H groups in total. The van der Waals surface area contributed by atoms with E-state index in [1.54, 1.807) is 30.3 Å². The zero-order valence-electron chi connectivity index (χ0n) is 15.7. The van der Waals surface area contributed by atoms with E-state index >= 15 is 0 Å². The Labute approximate surface area is 194 Å². The van der Waals surface area contributed by atoms with Crippen LogP contribution in [0, 0.1) is 0 Å². The van der Waals surface area contributed by atoms with Gasteiger partial charge in [-0.2, -0.15) is 0 Å². The van der Waals surface area contributed by atoms with E-state index in [1.807, 2.05) is 0 Å². The third kappa shape index (κ3) is 4.77. The number of nitrogens with zero attached hydrogens (tertiary/aromatic N) is 3. The van der Waals surface area contributed by atoms with Crippen LogP contribution in [-0.2, 0) is 21.1 Å². The zero-order valence-corrected chi connectivity index (χ0v) is 19.6. The van der Waals surface area contributed by atoms with Crippen molar-refractivity contribution in [2.75, 3.05) is 5.75 Å². The highest BCUT2D eigenvalue weighted by Gasteiger charge is 2.21. The number of hydrogen-bond acceptors (Lipinski definition) is 7. The first-order valence-electron chi connectivity index (χ1n) is 8.85. The molecule has 3 aromatic heterocycles. The molecule has 31 heavy (non-hydrogen) atoms. The van der Waals surface area contributed by atoms with Crippen molar-refractivity contribution in [2.45, 2.75) is 10.6 Å². The van der Waals surface area contributed by atoms with Gasteiger partial charge in [0.15, 0.2) is 15.6 Å². The van der Waals surface area contributed by atoms with Crippen molar-refractivity contribution >= 4 is 65.4 Å². The fourth-order valence-electron chi connectivity index (χ4n) is 2.95. The third-order valence-corrected chi connectivity index (χ3v) is 8.37. The van der Waals surface area contributed by atoms with Crippen LogP contribution in [0.2, 0.25) is 4.34 Å². The number of sulfone groups is 1. The Balaban J connectivity index is 1.52. The van der Waals surface area contributed by atoms with Gasteiger partial charge in [-0.3, -0.25) is 14.2 Å². The first kappa shape index (κ1) is 21.8. The van der Waals surface area contributed by atoms with Crippen LogP contribution in [0.15, 0.2) is 68.5 Å². The summed E-state index contributed by atoms with van der Waals surface area (Å²) in [4.78, 5) is 33.6. The quantitative estimate of drug-likeness (QED) is 0.370. The molecule has 4 aromatic rings. The fourth-order valence-corrected chi connectivity index (χ4v) is 6.12. The molecule has 0 unspecified atom stereocenters. The highest BCUT2D eigenvalue weighted by Crippen LogP contribution is 2.26. The van der Waals surface area contributed by atoms with Gasteiger partial charge in [0.25, 0.3) is 5.56 Å². The van der Waals surface area contributed by atoms with E-state index < -0.39 is 21.4 Å². The van der Waals surface area contributed by atoms with Crippen LogP contribution in [0.25, 0.3) is 16.7 Å². The lowest BCUT2D eigenvalue weighted by atomic mass is 10.1. The lowest BCUT2D eigenvalue weighted by Crippen LogP contribution is -2.20. The van der Waals surface area contributed by atoms with Crippen LogP contribution >= 0.6 is 38.9 Å². The zero-order chi connectivity index (χ0) is 22.2. The summed E-state index contributed by atoms with van der Waals surface area (Å²) in [5, 5.41) is 0.441. The predicted molar refractivity (Wildman–Crippen MR) is 123 cm³/mol. The number of aromatic nitrogens is 3. The van der Waals surface area contributed by atoms with E-state index in [0.29, 0.717) is 26.6 Å². The van der Waals surface area contributed by atoms with Gasteiger partial charge >= 0.3 is 0 Å². The maximum absolute atomic E-state index is 12.8. The molecule has 4 rings (SSSR count). The molecule has 7 nitrogen and oxygen atoms in total. The van der Waals surface area contributed by atoms with Crippen molar-refractivity contribution in [1.29, 1.82) is 0 Å². The van der Waals surface area contributed by atoms with Crippen molar-refractivity contribution < 1.29 is 13.2 Å². The Hall–Kier alpha value is -2.40.